The molecule has 0 spiro atoms. The summed E-state index contributed by atoms with van der Waals surface area (Å²) in [4.78, 5) is 9.93. The lowest BCUT2D eigenvalue weighted by atomic mass is 10.2. The molecule has 0 atom stereocenters. The molecule has 5 heteroatoms. The number of anilines is 1. The molecule has 0 radical (unpaired) electrons. The van der Waals surface area contributed by atoms with E-state index in [1.807, 2.05) is 0 Å². The molecule has 66 valence electrons. The van der Waals surface area contributed by atoms with Gasteiger partial charge in [-0.05, 0) is 12.1 Å². The molecule has 0 bridgehead atoms. The molecule has 0 aliphatic heterocycles. The maximum absolute atomic E-state index is 12.8. The van der Waals surface area contributed by atoms with Crippen LogP contribution in [0.15, 0.2) is 12.1 Å². The Labute approximate surface area is 72.6 Å². The number of hydrogen-bond acceptors (Lipinski definition) is 2. The summed E-state index contributed by atoms with van der Waals surface area (Å²) in [5.74, 6) is -1.99. The number of halogens is 2. The average molecular weight is 182 g/mol. The first-order valence-electron chi connectivity index (χ1n) is 3.28. The molecular formula is C8H4F2N2O. The Morgan fingerprint density at radius 3 is 2.31 bits per heavy atom. The van der Waals surface area contributed by atoms with E-state index in [0.29, 0.717) is 6.41 Å². The van der Waals surface area contributed by atoms with Crippen LogP contribution < -0.4 is 5.32 Å². The molecule has 0 unspecified atom stereocenters. The number of carbonyl (C=O) groups is 1. The lowest BCUT2D eigenvalue weighted by Crippen LogP contribution is -1.98. The first-order chi connectivity index (χ1) is 6.19. The highest BCUT2D eigenvalue weighted by molar-refractivity contribution is 5.71. The highest BCUT2D eigenvalue weighted by atomic mass is 19.1. The van der Waals surface area contributed by atoms with Crippen LogP contribution in [0.1, 0.15) is 5.56 Å². The van der Waals surface area contributed by atoms with Gasteiger partial charge in [-0.2, -0.15) is 5.26 Å². The quantitative estimate of drug-likeness (QED) is 0.703. The molecule has 1 N–H and O–H groups in total. The number of hydrogen-bond donors (Lipinski definition) is 1. The predicted octanol–water partition coefficient (Wildman–Crippen LogP) is 1.40. The first kappa shape index (κ1) is 9.13. The van der Waals surface area contributed by atoms with Gasteiger partial charge in [0.25, 0.3) is 0 Å². The molecule has 1 amide bonds. The topological polar surface area (TPSA) is 52.9 Å². The zero-order chi connectivity index (χ0) is 9.84. The predicted molar refractivity (Wildman–Crippen MR) is 40.8 cm³/mol. The van der Waals surface area contributed by atoms with Crippen LogP contribution in [0.5, 0.6) is 0 Å². The van der Waals surface area contributed by atoms with E-state index in [9.17, 15) is 13.6 Å². The van der Waals surface area contributed by atoms with E-state index < -0.39 is 17.2 Å². The van der Waals surface area contributed by atoms with Crippen molar-refractivity contribution in [3.63, 3.8) is 0 Å². The van der Waals surface area contributed by atoms with E-state index in [4.69, 9.17) is 5.26 Å². The monoisotopic (exact) mass is 182 g/mol. The van der Waals surface area contributed by atoms with Gasteiger partial charge in [-0.3, -0.25) is 4.79 Å². The maximum atomic E-state index is 12.8. The molecule has 0 heterocycles. The van der Waals surface area contributed by atoms with Crippen LogP contribution >= 0.6 is 0 Å². The number of benzene rings is 1. The molecule has 0 saturated heterocycles. The highest BCUT2D eigenvalue weighted by Gasteiger charge is 2.09. The number of amides is 1. The number of rotatable bonds is 2. The van der Waals surface area contributed by atoms with E-state index in [-0.39, 0.29) is 5.69 Å². The normalized spacial score (nSPS) is 9.00. The van der Waals surface area contributed by atoms with Gasteiger partial charge in [0.1, 0.15) is 23.3 Å². The third kappa shape index (κ3) is 1.79. The van der Waals surface area contributed by atoms with E-state index >= 15 is 0 Å². The third-order valence-electron chi connectivity index (χ3n) is 1.38. The largest absolute Gasteiger partial charge is 0.328 e. The Kier molecular flexibility index (Phi) is 2.55. The first-order valence-corrected chi connectivity index (χ1v) is 3.28. The van der Waals surface area contributed by atoms with Gasteiger partial charge >= 0.3 is 0 Å². The molecule has 0 saturated carbocycles. The lowest BCUT2D eigenvalue weighted by molar-refractivity contribution is -0.105. The van der Waals surface area contributed by atoms with Crippen LogP contribution in [0.2, 0.25) is 0 Å². The van der Waals surface area contributed by atoms with Gasteiger partial charge in [-0.15, -0.1) is 0 Å². The Morgan fingerprint density at radius 1 is 1.38 bits per heavy atom. The molecule has 0 aromatic heterocycles. The van der Waals surface area contributed by atoms with Crippen molar-refractivity contribution in [2.45, 2.75) is 0 Å². The van der Waals surface area contributed by atoms with Crippen molar-refractivity contribution >= 4 is 12.1 Å². The fourth-order valence-corrected chi connectivity index (χ4v) is 0.831. The molecular weight excluding hydrogens is 178 g/mol. The standard InChI is InChI=1S/C8H4F2N2O/c9-7-1-5(12-4-13)2-8(10)6(7)3-11/h1-2,4H,(H,12,13). The van der Waals surface area contributed by atoms with Crippen molar-refractivity contribution in [2.75, 3.05) is 5.32 Å². The molecule has 0 aliphatic carbocycles. The second-order valence-corrected chi connectivity index (χ2v) is 2.19. The van der Waals surface area contributed by atoms with E-state index in [1.165, 1.54) is 6.07 Å². The van der Waals surface area contributed by atoms with Crippen molar-refractivity contribution < 1.29 is 13.6 Å². The lowest BCUT2D eigenvalue weighted by Gasteiger charge is -2.00. The van der Waals surface area contributed by atoms with Gasteiger partial charge in [0.05, 0.1) is 0 Å². The summed E-state index contributed by atoms with van der Waals surface area (Å²) in [6.07, 6.45) is 0.292. The molecule has 13 heavy (non-hydrogen) atoms. The molecule has 0 aliphatic rings. The van der Waals surface area contributed by atoms with Crippen molar-refractivity contribution in [2.24, 2.45) is 0 Å². The second kappa shape index (κ2) is 3.63. The van der Waals surface area contributed by atoms with Crippen LogP contribution in [0, 0.1) is 23.0 Å². The molecule has 1 aromatic rings. The van der Waals surface area contributed by atoms with Crippen molar-refractivity contribution in [1.29, 1.82) is 5.26 Å². The molecule has 0 fully saturated rings. The Balaban J connectivity index is 3.21. The zero-order valence-corrected chi connectivity index (χ0v) is 6.34. The van der Waals surface area contributed by atoms with E-state index in [0.717, 1.165) is 12.1 Å². The van der Waals surface area contributed by atoms with Crippen LogP contribution in [-0.4, -0.2) is 6.41 Å². The van der Waals surface area contributed by atoms with E-state index in [1.54, 1.807) is 0 Å². The van der Waals surface area contributed by atoms with Crippen molar-refractivity contribution in [3.05, 3.63) is 29.3 Å². The summed E-state index contributed by atoms with van der Waals surface area (Å²) in [6, 6.07) is 3.11. The third-order valence-corrected chi connectivity index (χ3v) is 1.38. The minimum atomic E-state index is -0.994. The molecule has 3 nitrogen and oxygen atoms in total. The van der Waals surface area contributed by atoms with Gasteiger partial charge in [0.15, 0.2) is 0 Å². The van der Waals surface area contributed by atoms with Crippen molar-refractivity contribution in [3.8, 4) is 6.07 Å². The summed E-state index contributed by atoms with van der Waals surface area (Å²) in [5, 5.41) is 10.4. The highest BCUT2D eigenvalue weighted by Crippen LogP contribution is 2.17. The number of nitriles is 1. The summed E-state index contributed by atoms with van der Waals surface area (Å²) in [7, 11) is 0. The smallest absolute Gasteiger partial charge is 0.211 e. The minimum Gasteiger partial charge on any atom is -0.328 e. The fraction of sp³-hybridized carbons (Fsp3) is 0. The Hall–Kier alpha value is -1.96. The number of carbonyl (C=O) groups excluding carboxylic acids is 1. The summed E-state index contributed by atoms with van der Waals surface area (Å²) in [5.41, 5.74) is -0.680. The van der Waals surface area contributed by atoms with Crippen molar-refractivity contribution in [1.82, 2.24) is 0 Å². The average Bonchev–Trinajstić information content (AvgIpc) is 2.04. The minimum absolute atomic E-state index is 0.0241. The number of nitrogens with one attached hydrogen (secondary N) is 1. The van der Waals surface area contributed by atoms with Gasteiger partial charge in [-0.1, -0.05) is 0 Å². The molecule has 1 rings (SSSR count). The van der Waals surface area contributed by atoms with Gasteiger partial charge in [0, 0.05) is 5.69 Å². The number of nitrogens with zero attached hydrogens (tertiary/aromatic N) is 1. The summed E-state index contributed by atoms with van der Waals surface area (Å²) in [6.45, 7) is 0. The van der Waals surface area contributed by atoms with E-state index in [2.05, 4.69) is 5.32 Å². The van der Waals surface area contributed by atoms with Crippen LogP contribution in [0.3, 0.4) is 0 Å². The Morgan fingerprint density at radius 2 is 1.92 bits per heavy atom. The zero-order valence-electron chi connectivity index (χ0n) is 6.34. The maximum Gasteiger partial charge on any atom is 0.211 e. The SMILES string of the molecule is N#Cc1c(F)cc(NC=O)cc1F. The second-order valence-electron chi connectivity index (χ2n) is 2.19. The van der Waals surface area contributed by atoms with Crippen LogP contribution in [0.25, 0.3) is 0 Å². The van der Waals surface area contributed by atoms with Gasteiger partial charge in [-0.25, -0.2) is 8.78 Å². The fourth-order valence-electron chi connectivity index (χ4n) is 0.831. The van der Waals surface area contributed by atoms with Gasteiger partial charge < -0.3 is 5.32 Å². The van der Waals surface area contributed by atoms with Gasteiger partial charge in [0.2, 0.25) is 6.41 Å². The van der Waals surface area contributed by atoms with Crippen LogP contribution in [-0.2, 0) is 4.79 Å². The van der Waals surface area contributed by atoms with Crippen LogP contribution in [0.4, 0.5) is 14.5 Å². The Bertz CT molecular complexity index is 361. The summed E-state index contributed by atoms with van der Waals surface area (Å²) >= 11 is 0. The summed E-state index contributed by atoms with van der Waals surface area (Å²) < 4.78 is 25.6. The molecule has 1 aromatic carbocycles.